The van der Waals surface area contributed by atoms with E-state index in [1.165, 1.54) is 12.8 Å². The molecule has 0 aromatic heterocycles. The van der Waals surface area contributed by atoms with Crippen molar-refractivity contribution < 1.29 is 14.3 Å². The van der Waals surface area contributed by atoms with Gasteiger partial charge in [-0.15, -0.1) is 0 Å². The summed E-state index contributed by atoms with van der Waals surface area (Å²) >= 11 is 0. The van der Waals surface area contributed by atoms with Crippen molar-refractivity contribution in [3.05, 3.63) is 0 Å². The minimum absolute atomic E-state index is 0.0171. The van der Waals surface area contributed by atoms with Gasteiger partial charge in [-0.25, -0.2) is 0 Å². The van der Waals surface area contributed by atoms with Gasteiger partial charge in [0.2, 0.25) is 0 Å². The lowest BCUT2D eigenvalue weighted by Gasteiger charge is -2.52. The van der Waals surface area contributed by atoms with Crippen molar-refractivity contribution in [3.8, 4) is 0 Å². The fourth-order valence-corrected chi connectivity index (χ4v) is 4.44. The molecule has 138 valence electrons. The van der Waals surface area contributed by atoms with Crippen molar-refractivity contribution in [3.63, 3.8) is 0 Å². The molecule has 2 saturated heterocycles. The third kappa shape index (κ3) is 4.30. The molecule has 24 heavy (non-hydrogen) atoms. The highest BCUT2D eigenvalue weighted by atomic mass is 16.5. The zero-order valence-electron chi connectivity index (χ0n) is 15.6. The van der Waals surface area contributed by atoms with E-state index in [9.17, 15) is 4.79 Å². The first-order valence-corrected chi connectivity index (χ1v) is 9.79. The highest BCUT2D eigenvalue weighted by Gasteiger charge is 2.42. The lowest BCUT2D eigenvalue weighted by atomic mass is 9.84. The van der Waals surface area contributed by atoms with Crippen LogP contribution in [-0.2, 0) is 14.3 Å². The summed E-state index contributed by atoms with van der Waals surface area (Å²) in [5.41, 5.74) is 0.420. The monoisotopic (exact) mass is 338 g/mol. The van der Waals surface area contributed by atoms with E-state index in [2.05, 4.69) is 23.6 Å². The number of hydrogen-bond donors (Lipinski definition) is 0. The van der Waals surface area contributed by atoms with Gasteiger partial charge in [0.15, 0.2) is 6.35 Å². The Morgan fingerprint density at radius 3 is 2.25 bits per heavy atom. The molecule has 1 atom stereocenters. The van der Waals surface area contributed by atoms with Crippen molar-refractivity contribution in [1.29, 1.82) is 0 Å². The Hall–Kier alpha value is -0.650. The number of rotatable bonds is 6. The van der Waals surface area contributed by atoms with Crippen LogP contribution in [0, 0.1) is 11.3 Å². The summed E-state index contributed by atoms with van der Waals surface area (Å²) in [6.07, 6.45) is 6.76. The molecule has 5 heteroatoms. The van der Waals surface area contributed by atoms with Gasteiger partial charge >= 0.3 is 5.97 Å². The van der Waals surface area contributed by atoms with Crippen molar-refractivity contribution in [2.24, 2.45) is 11.3 Å². The molecule has 0 amide bonds. The van der Waals surface area contributed by atoms with Crippen molar-refractivity contribution >= 4 is 5.97 Å². The predicted molar refractivity (Wildman–Crippen MR) is 93.4 cm³/mol. The SMILES string of the molecule is CCOC(=O)C1CCC(OC(N2CCCC2)N2CC(C)(C)C2)CC1. The van der Waals surface area contributed by atoms with Gasteiger partial charge in [-0.1, -0.05) is 13.8 Å². The normalized spacial score (nSPS) is 32.3. The van der Waals surface area contributed by atoms with E-state index in [4.69, 9.17) is 9.47 Å². The second-order valence-corrected chi connectivity index (χ2v) is 8.50. The lowest BCUT2D eigenvalue weighted by Crippen LogP contribution is -2.63. The summed E-state index contributed by atoms with van der Waals surface area (Å²) in [4.78, 5) is 16.9. The first-order chi connectivity index (χ1) is 11.5. The highest BCUT2D eigenvalue weighted by Crippen LogP contribution is 2.35. The van der Waals surface area contributed by atoms with Gasteiger partial charge in [0, 0.05) is 26.2 Å². The molecule has 0 N–H and O–H groups in total. The van der Waals surface area contributed by atoms with Crippen LogP contribution < -0.4 is 0 Å². The van der Waals surface area contributed by atoms with Crippen molar-refractivity contribution in [2.45, 2.75) is 71.8 Å². The first-order valence-electron chi connectivity index (χ1n) is 9.79. The molecule has 2 heterocycles. The zero-order valence-corrected chi connectivity index (χ0v) is 15.6. The summed E-state index contributed by atoms with van der Waals surface area (Å²) in [5.74, 6) is 0.0644. The molecule has 0 aromatic carbocycles. The zero-order chi connectivity index (χ0) is 17.2. The van der Waals surface area contributed by atoms with Gasteiger partial charge in [-0.3, -0.25) is 14.6 Å². The molecular formula is C19H34N2O3. The van der Waals surface area contributed by atoms with Gasteiger partial charge in [0.05, 0.1) is 18.6 Å². The highest BCUT2D eigenvalue weighted by molar-refractivity contribution is 5.72. The van der Waals surface area contributed by atoms with E-state index in [0.29, 0.717) is 12.0 Å². The van der Waals surface area contributed by atoms with Crippen LogP contribution in [0.15, 0.2) is 0 Å². The van der Waals surface area contributed by atoms with Gasteiger partial charge in [-0.2, -0.15) is 0 Å². The molecule has 3 rings (SSSR count). The minimum Gasteiger partial charge on any atom is -0.466 e. The van der Waals surface area contributed by atoms with Crippen LogP contribution in [0.4, 0.5) is 0 Å². The van der Waals surface area contributed by atoms with Crippen LogP contribution in [-0.4, -0.2) is 61.0 Å². The Kier molecular flexibility index (Phi) is 5.83. The Labute approximate surface area is 146 Å². The second kappa shape index (κ2) is 7.71. The molecule has 1 unspecified atom stereocenters. The maximum Gasteiger partial charge on any atom is 0.308 e. The van der Waals surface area contributed by atoms with E-state index in [1.54, 1.807) is 0 Å². The number of likely N-dealkylation sites (tertiary alicyclic amines) is 2. The number of hydrogen-bond acceptors (Lipinski definition) is 5. The number of carbonyl (C=O) groups is 1. The third-order valence-electron chi connectivity index (χ3n) is 5.64. The van der Waals surface area contributed by atoms with Crippen LogP contribution in [0.3, 0.4) is 0 Å². The Morgan fingerprint density at radius 1 is 1.08 bits per heavy atom. The molecule has 2 aliphatic heterocycles. The van der Waals surface area contributed by atoms with Gasteiger partial charge in [-0.05, 0) is 50.9 Å². The minimum atomic E-state index is -0.0171. The van der Waals surface area contributed by atoms with E-state index >= 15 is 0 Å². The van der Waals surface area contributed by atoms with Gasteiger partial charge in [0.1, 0.15) is 0 Å². The number of ether oxygens (including phenoxy) is 2. The van der Waals surface area contributed by atoms with E-state index in [-0.39, 0.29) is 24.3 Å². The molecule has 3 fully saturated rings. The van der Waals surface area contributed by atoms with Crippen LogP contribution in [0.25, 0.3) is 0 Å². The summed E-state index contributed by atoms with van der Waals surface area (Å²) in [6, 6.07) is 0. The molecule has 0 radical (unpaired) electrons. The van der Waals surface area contributed by atoms with Crippen LogP contribution in [0.2, 0.25) is 0 Å². The Bertz CT molecular complexity index is 418. The molecule has 3 aliphatic rings. The molecule has 0 bridgehead atoms. The fourth-order valence-electron chi connectivity index (χ4n) is 4.44. The summed E-state index contributed by atoms with van der Waals surface area (Å²) in [7, 11) is 0. The Morgan fingerprint density at radius 2 is 1.71 bits per heavy atom. The first kappa shape index (κ1) is 18.2. The Balaban J connectivity index is 1.51. The van der Waals surface area contributed by atoms with Crippen LogP contribution in [0.1, 0.15) is 59.3 Å². The molecule has 0 spiro atoms. The summed E-state index contributed by atoms with van der Waals surface area (Å²) < 4.78 is 11.7. The van der Waals surface area contributed by atoms with Gasteiger partial charge in [0.25, 0.3) is 0 Å². The van der Waals surface area contributed by atoms with Crippen molar-refractivity contribution in [2.75, 3.05) is 32.8 Å². The summed E-state index contributed by atoms with van der Waals surface area (Å²) in [6.45, 7) is 11.6. The number of carbonyl (C=O) groups excluding carboxylic acids is 1. The molecular weight excluding hydrogens is 304 g/mol. The number of esters is 1. The fraction of sp³-hybridized carbons (Fsp3) is 0.947. The van der Waals surface area contributed by atoms with Crippen molar-refractivity contribution in [1.82, 2.24) is 9.80 Å². The summed E-state index contributed by atoms with van der Waals surface area (Å²) in [5, 5.41) is 0. The van der Waals surface area contributed by atoms with E-state index in [1.807, 2.05) is 6.92 Å². The number of nitrogens with zero attached hydrogens (tertiary/aromatic N) is 2. The average molecular weight is 338 g/mol. The van der Waals surface area contributed by atoms with E-state index in [0.717, 1.165) is 51.9 Å². The van der Waals surface area contributed by atoms with Crippen LogP contribution >= 0.6 is 0 Å². The predicted octanol–water partition coefficient (Wildman–Crippen LogP) is 2.85. The molecule has 5 nitrogen and oxygen atoms in total. The third-order valence-corrected chi connectivity index (χ3v) is 5.64. The van der Waals surface area contributed by atoms with Crippen LogP contribution in [0.5, 0.6) is 0 Å². The topological polar surface area (TPSA) is 42.0 Å². The largest absolute Gasteiger partial charge is 0.466 e. The van der Waals surface area contributed by atoms with Gasteiger partial charge < -0.3 is 9.47 Å². The maximum atomic E-state index is 11.9. The lowest BCUT2D eigenvalue weighted by molar-refractivity contribution is -0.222. The standard InChI is InChI=1S/C19H34N2O3/c1-4-23-17(22)15-7-9-16(10-8-15)24-18(20-11-5-6-12-20)21-13-19(2,3)14-21/h15-16,18H,4-14H2,1-3H3. The maximum absolute atomic E-state index is 11.9. The average Bonchev–Trinajstić information content (AvgIpc) is 3.05. The molecule has 0 aromatic rings. The molecule has 1 saturated carbocycles. The molecule has 1 aliphatic carbocycles. The quantitative estimate of drug-likeness (QED) is 0.697. The smallest absolute Gasteiger partial charge is 0.308 e. The second-order valence-electron chi connectivity index (χ2n) is 8.50. The van der Waals surface area contributed by atoms with E-state index < -0.39 is 0 Å².